The third-order valence-electron chi connectivity index (χ3n) is 2.80. The number of hydrogen-bond acceptors (Lipinski definition) is 1. The zero-order valence-corrected chi connectivity index (χ0v) is 9.81. The molecule has 15 heavy (non-hydrogen) atoms. The Labute approximate surface area is 91.7 Å². The Morgan fingerprint density at radius 1 is 1.40 bits per heavy atom. The third-order valence-corrected chi connectivity index (χ3v) is 2.80. The van der Waals surface area contributed by atoms with Gasteiger partial charge in [0.25, 0.3) is 0 Å². The van der Waals surface area contributed by atoms with E-state index in [0.717, 1.165) is 24.9 Å². The van der Waals surface area contributed by atoms with E-state index in [2.05, 4.69) is 19.2 Å². The van der Waals surface area contributed by atoms with Gasteiger partial charge in [-0.15, -0.1) is 0 Å². The summed E-state index contributed by atoms with van der Waals surface area (Å²) in [6, 6.07) is 5.57. The topological polar surface area (TPSA) is 12.0 Å². The lowest BCUT2D eigenvalue weighted by Crippen LogP contribution is -2.27. The van der Waals surface area contributed by atoms with E-state index in [1.807, 2.05) is 13.0 Å². The monoisotopic (exact) mass is 209 g/mol. The highest BCUT2D eigenvalue weighted by atomic mass is 19.1. The van der Waals surface area contributed by atoms with Gasteiger partial charge < -0.3 is 5.32 Å². The molecule has 1 nitrogen and oxygen atoms in total. The molecule has 0 fully saturated rings. The Kier molecular flexibility index (Phi) is 4.76. The lowest BCUT2D eigenvalue weighted by atomic mass is 10.1. The van der Waals surface area contributed by atoms with Crippen molar-refractivity contribution in [3.05, 3.63) is 35.1 Å². The largest absolute Gasteiger partial charge is 0.314 e. The van der Waals surface area contributed by atoms with Crippen molar-refractivity contribution in [2.75, 3.05) is 6.54 Å². The van der Waals surface area contributed by atoms with Crippen LogP contribution in [0.2, 0.25) is 0 Å². The minimum atomic E-state index is -0.147. The Bertz CT molecular complexity index is 309. The number of aryl methyl sites for hydroxylation is 1. The normalized spacial score (nSPS) is 12.8. The average molecular weight is 209 g/mol. The van der Waals surface area contributed by atoms with E-state index in [0.29, 0.717) is 6.04 Å². The van der Waals surface area contributed by atoms with Gasteiger partial charge in [-0.1, -0.05) is 13.0 Å². The molecule has 1 rings (SSSR count). The molecule has 1 aromatic rings. The second-order valence-electron chi connectivity index (χ2n) is 4.08. The molecule has 0 aliphatic carbocycles. The molecule has 1 N–H and O–H groups in total. The molecular formula is C13H20FN. The molecule has 0 saturated heterocycles. The summed E-state index contributed by atoms with van der Waals surface area (Å²) in [5.74, 6) is -0.147. The molecule has 0 spiro atoms. The fourth-order valence-corrected chi connectivity index (χ4v) is 1.54. The summed E-state index contributed by atoms with van der Waals surface area (Å²) in [6.07, 6.45) is 2.11. The Hall–Kier alpha value is -0.890. The van der Waals surface area contributed by atoms with Crippen LogP contribution in [-0.2, 0) is 6.42 Å². The molecule has 1 atom stereocenters. The van der Waals surface area contributed by atoms with Crippen molar-refractivity contribution in [1.82, 2.24) is 5.32 Å². The predicted molar refractivity (Wildman–Crippen MR) is 62.6 cm³/mol. The summed E-state index contributed by atoms with van der Waals surface area (Å²) in [7, 11) is 0. The summed E-state index contributed by atoms with van der Waals surface area (Å²) in [5.41, 5.74) is 2.27. The van der Waals surface area contributed by atoms with Crippen molar-refractivity contribution in [3.63, 3.8) is 0 Å². The first-order valence-electron chi connectivity index (χ1n) is 5.62. The maximum Gasteiger partial charge on any atom is 0.123 e. The second kappa shape index (κ2) is 5.86. The van der Waals surface area contributed by atoms with Gasteiger partial charge in [0, 0.05) is 6.04 Å². The second-order valence-corrected chi connectivity index (χ2v) is 4.08. The highest BCUT2D eigenvalue weighted by Crippen LogP contribution is 2.10. The van der Waals surface area contributed by atoms with Crippen molar-refractivity contribution in [2.45, 2.75) is 39.7 Å². The summed E-state index contributed by atoms with van der Waals surface area (Å²) in [6.45, 7) is 7.27. The first kappa shape index (κ1) is 12.2. The molecule has 0 bridgehead atoms. The van der Waals surface area contributed by atoms with Crippen molar-refractivity contribution in [1.29, 1.82) is 0 Å². The van der Waals surface area contributed by atoms with Crippen LogP contribution in [0.4, 0.5) is 4.39 Å². The highest BCUT2D eigenvalue weighted by Gasteiger charge is 2.01. The van der Waals surface area contributed by atoms with Crippen LogP contribution in [0.1, 0.15) is 31.4 Å². The van der Waals surface area contributed by atoms with Crippen molar-refractivity contribution >= 4 is 0 Å². The summed E-state index contributed by atoms with van der Waals surface area (Å²) in [5, 5.41) is 3.43. The van der Waals surface area contributed by atoms with Crippen molar-refractivity contribution < 1.29 is 4.39 Å². The first-order valence-corrected chi connectivity index (χ1v) is 5.62. The molecule has 0 radical (unpaired) electrons. The number of hydrogen-bond donors (Lipinski definition) is 1. The van der Waals surface area contributed by atoms with Gasteiger partial charge in [0.2, 0.25) is 0 Å². The van der Waals surface area contributed by atoms with E-state index in [-0.39, 0.29) is 5.82 Å². The van der Waals surface area contributed by atoms with Gasteiger partial charge in [0.15, 0.2) is 0 Å². The molecule has 1 unspecified atom stereocenters. The Morgan fingerprint density at radius 3 is 2.73 bits per heavy atom. The molecule has 0 aromatic heterocycles. The van der Waals surface area contributed by atoms with Crippen molar-refractivity contribution in [3.8, 4) is 0 Å². The molecule has 0 amide bonds. The van der Waals surface area contributed by atoms with Gasteiger partial charge in [-0.3, -0.25) is 0 Å². The van der Waals surface area contributed by atoms with Crippen LogP contribution in [0.25, 0.3) is 0 Å². The summed E-state index contributed by atoms with van der Waals surface area (Å²) in [4.78, 5) is 0. The molecule has 0 aliphatic rings. The number of benzene rings is 1. The molecular weight excluding hydrogens is 189 g/mol. The smallest absolute Gasteiger partial charge is 0.123 e. The number of rotatable bonds is 5. The fraction of sp³-hybridized carbons (Fsp3) is 0.538. The molecule has 0 heterocycles. The summed E-state index contributed by atoms with van der Waals surface area (Å²) >= 11 is 0. The van der Waals surface area contributed by atoms with Gasteiger partial charge in [0.1, 0.15) is 5.82 Å². The maximum absolute atomic E-state index is 12.8. The van der Waals surface area contributed by atoms with Gasteiger partial charge in [-0.2, -0.15) is 0 Å². The van der Waals surface area contributed by atoms with Crippen LogP contribution in [0.15, 0.2) is 18.2 Å². The van der Waals surface area contributed by atoms with Gasteiger partial charge >= 0.3 is 0 Å². The zero-order chi connectivity index (χ0) is 11.3. The van der Waals surface area contributed by atoms with Crippen LogP contribution in [0.3, 0.4) is 0 Å². The average Bonchev–Trinajstić information content (AvgIpc) is 2.21. The standard InChI is InChI=1S/C13H20FN/c1-4-11(3)15-8-7-12-5-6-13(14)9-10(12)2/h5-6,9,11,15H,4,7-8H2,1-3H3. The third kappa shape index (κ3) is 4.00. The SMILES string of the molecule is CCC(C)NCCc1ccc(F)cc1C. The van der Waals surface area contributed by atoms with Gasteiger partial charge in [-0.05, 0) is 56.5 Å². The van der Waals surface area contributed by atoms with Crippen LogP contribution in [-0.4, -0.2) is 12.6 Å². The van der Waals surface area contributed by atoms with E-state index in [1.165, 1.54) is 11.6 Å². The van der Waals surface area contributed by atoms with Crippen LogP contribution in [0, 0.1) is 12.7 Å². The van der Waals surface area contributed by atoms with E-state index in [9.17, 15) is 4.39 Å². The fourth-order valence-electron chi connectivity index (χ4n) is 1.54. The van der Waals surface area contributed by atoms with E-state index in [1.54, 1.807) is 6.07 Å². The minimum Gasteiger partial charge on any atom is -0.314 e. The number of nitrogens with one attached hydrogen (secondary N) is 1. The first-order chi connectivity index (χ1) is 7.13. The van der Waals surface area contributed by atoms with E-state index in [4.69, 9.17) is 0 Å². The molecule has 2 heteroatoms. The maximum atomic E-state index is 12.8. The van der Waals surface area contributed by atoms with Gasteiger partial charge in [-0.25, -0.2) is 4.39 Å². The lowest BCUT2D eigenvalue weighted by molar-refractivity contribution is 0.536. The van der Waals surface area contributed by atoms with Crippen molar-refractivity contribution in [2.24, 2.45) is 0 Å². The minimum absolute atomic E-state index is 0.147. The predicted octanol–water partition coefficient (Wildman–Crippen LogP) is 3.06. The number of halogens is 1. The highest BCUT2D eigenvalue weighted by molar-refractivity contribution is 5.26. The van der Waals surface area contributed by atoms with Crippen LogP contribution in [0.5, 0.6) is 0 Å². The Balaban J connectivity index is 2.44. The van der Waals surface area contributed by atoms with Crippen LogP contribution < -0.4 is 5.32 Å². The zero-order valence-electron chi connectivity index (χ0n) is 9.81. The molecule has 0 aliphatic heterocycles. The lowest BCUT2D eigenvalue weighted by Gasteiger charge is -2.12. The van der Waals surface area contributed by atoms with Crippen LogP contribution >= 0.6 is 0 Å². The van der Waals surface area contributed by atoms with E-state index < -0.39 is 0 Å². The molecule has 84 valence electrons. The Morgan fingerprint density at radius 2 is 2.13 bits per heavy atom. The quantitative estimate of drug-likeness (QED) is 0.786. The summed E-state index contributed by atoms with van der Waals surface area (Å²) < 4.78 is 12.8. The van der Waals surface area contributed by atoms with E-state index >= 15 is 0 Å². The molecule has 0 saturated carbocycles. The molecule has 1 aromatic carbocycles. The van der Waals surface area contributed by atoms with Gasteiger partial charge in [0.05, 0.1) is 0 Å².